The molecule has 0 aromatic carbocycles. The molecule has 1 saturated heterocycles. The fourth-order valence-electron chi connectivity index (χ4n) is 1.94. The number of amides is 3. The zero-order chi connectivity index (χ0) is 14.8. The van der Waals surface area contributed by atoms with Gasteiger partial charge in [-0.3, -0.25) is 9.69 Å². The van der Waals surface area contributed by atoms with E-state index >= 15 is 0 Å². The predicted octanol–water partition coefficient (Wildman–Crippen LogP) is 0.487. The third kappa shape index (κ3) is 3.17. The maximum atomic E-state index is 11.9. The number of furan rings is 1. The molecule has 0 spiro atoms. The van der Waals surface area contributed by atoms with E-state index in [0.717, 1.165) is 4.90 Å². The summed E-state index contributed by atoms with van der Waals surface area (Å²) in [6.07, 6.45) is 0.596. The fraction of sp³-hybridized carbons (Fsp3) is 0.538. The highest BCUT2D eigenvalue weighted by atomic mass is 16.5. The van der Waals surface area contributed by atoms with Crippen LogP contribution in [0.5, 0.6) is 0 Å². The van der Waals surface area contributed by atoms with E-state index < -0.39 is 17.7 Å². The Labute approximate surface area is 116 Å². The molecule has 7 nitrogen and oxygen atoms in total. The van der Waals surface area contributed by atoms with Gasteiger partial charge in [0.1, 0.15) is 17.9 Å². The van der Waals surface area contributed by atoms with Gasteiger partial charge in [-0.05, 0) is 26.0 Å². The van der Waals surface area contributed by atoms with Crippen molar-refractivity contribution in [2.45, 2.75) is 32.1 Å². The number of carbonyl (C=O) groups is 2. The van der Waals surface area contributed by atoms with E-state index in [1.165, 1.54) is 6.26 Å². The first kappa shape index (κ1) is 14.5. The summed E-state index contributed by atoms with van der Waals surface area (Å²) in [6, 6.07) is 3.00. The molecular formula is C13H18N2O5. The zero-order valence-corrected chi connectivity index (χ0v) is 11.5. The summed E-state index contributed by atoms with van der Waals surface area (Å²) < 4.78 is 10.3. The summed E-state index contributed by atoms with van der Waals surface area (Å²) >= 11 is 0. The van der Waals surface area contributed by atoms with Gasteiger partial charge in [-0.15, -0.1) is 0 Å². The monoisotopic (exact) mass is 282 g/mol. The molecule has 110 valence electrons. The van der Waals surface area contributed by atoms with Crippen LogP contribution in [0.15, 0.2) is 22.8 Å². The molecule has 0 unspecified atom stereocenters. The van der Waals surface area contributed by atoms with Gasteiger partial charge in [0.15, 0.2) is 0 Å². The van der Waals surface area contributed by atoms with E-state index in [-0.39, 0.29) is 25.7 Å². The van der Waals surface area contributed by atoms with Crippen LogP contribution in [0.2, 0.25) is 0 Å². The number of nitrogens with zero attached hydrogens (tertiary/aromatic N) is 1. The summed E-state index contributed by atoms with van der Waals surface area (Å²) in [5, 5.41) is 12.4. The number of nitrogens with one attached hydrogen (secondary N) is 1. The van der Waals surface area contributed by atoms with Crippen molar-refractivity contribution in [3.8, 4) is 0 Å². The second kappa shape index (κ2) is 5.64. The van der Waals surface area contributed by atoms with Gasteiger partial charge in [0.05, 0.1) is 25.5 Å². The first-order chi connectivity index (χ1) is 9.40. The van der Waals surface area contributed by atoms with Gasteiger partial charge in [-0.2, -0.15) is 0 Å². The molecule has 7 heteroatoms. The lowest BCUT2D eigenvalue weighted by Crippen LogP contribution is -2.42. The maximum Gasteiger partial charge on any atom is 0.325 e. The number of hydrogen-bond donors (Lipinski definition) is 2. The largest absolute Gasteiger partial charge is 0.467 e. The number of β-amino-alcohol motifs (C(OH)–C–C–N with tert-alkyl or cyclic N) is 1. The van der Waals surface area contributed by atoms with Gasteiger partial charge in [-0.25, -0.2) is 4.79 Å². The minimum absolute atomic E-state index is 0.0121. The van der Waals surface area contributed by atoms with Crippen molar-refractivity contribution in [2.24, 2.45) is 0 Å². The van der Waals surface area contributed by atoms with Crippen molar-refractivity contribution in [3.05, 3.63) is 24.2 Å². The molecule has 1 aliphatic heterocycles. The first-order valence-electron chi connectivity index (χ1n) is 6.32. The van der Waals surface area contributed by atoms with Gasteiger partial charge >= 0.3 is 6.03 Å². The molecule has 2 heterocycles. The van der Waals surface area contributed by atoms with Crippen molar-refractivity contribution in [1.29, 1.82) is 0 Å². The normalized spacial score (nSPS) is 19.2. The lowest BCUT2D eigenvalue weighted by atomic mass is 10.1. The molecule has 2 rings (SSSR count). The van der Waals surface area contributed by atoms with Crippen molar-refractivity contribution in [2.75, 3.05) is 13.2 Å². The molecule has 0 saturated carbocycles. The summed E-state index contributed by atoms with van der Waals surface area (Å²) in [6.45, 7) is 3.39. The van der Waals surface area contributed by atoms with Crippen LogP contribution in [0.1, 0.15) is 19.6 Å². The lowest BCUT2D eigenvalue weighted by molar-refractivity contribution is -0.131. The summed E-state index contributed by atoms with van der Waals surface area (Å²) in [5.41, 5.74) is -0.925. The van der Waals surface area contributed by atoms with E-state index in [2.05, 4.69) is 5.32 Å². The van der Waals surface area contributed by atoms with Crippen molar-refractivity contribution >= 4 is 11.9 Å². The van der Waals surface area contributed by atoms with E-state index in [1.54, 1.807) is 26.0 Å². The quantitative estimate of drug-likeness (QED) is 0.741. The Morgan fingerprint density at radius 3 is 2.80 bits per heavy atom. The number of carbonyl (C=O) groups excluding carboxylic acids is 2. The van der Waals surface area contributed by atoms with Crippen LogP contribution in [0.4, 0.5) is 4.79 Å². The minimum atomic E-state index is -0.937. The number of ether oxygens (including phenoxy) is 1. The molecule has 0 bridgehead atoms. The Morgan fingerprint density at radius 2 is 2.25 bits per heavy atom. The van der Waals surface area contributed by atoms with Crippen LogP contribution in [-0.2, 0) is 16.1 Å². The number of imide groups is 1. The first-order valence-corrected chi connectivity index (χ1v) is 6.32. The van der Waals surface area contributed by atoms with Crippen molar-refractivity contribution in [1.82, 2.24) is 10.2 Å². The van der Waals surface area contributed by atoms with Gasteiger partial charge in [0, 0.05) is 0 Å². The number of aliphatic hydroxyl groups excluding tert-OH is 1. The summed E-state index contributed by atoms with van der Waals surface area (Å²) in [7, 11) is 0. The van der Waals surface area contributed by atoms with E-state index in [0.29, 0.717) is 5.76 Å². The van der Waals surface area contributed by atoms with E-state index in [1.807, 2.05) is 0 Å². The van der Waals surface area contributed by atoms with E-state index in [4.69, 9.17) is 9.15 Å². The molecule has 1 aromatic rings. The van der Waals surface area contributed by atoms with Crippen LogP contribution in [0, 0.1) is 0 Å². The SMILES string of the molecule is CC1(C)NC(=O)N(C[C@H](O)COCc2ccco2)C1=O. The van der Waals surface area contributed by atoms with Crippen LogP contribution in [0.25, 0.3) is 0 Å². The highest BCUT2D eigenvalue weighted by Gasteiger charge is 2.44. The average Bonchev–Trinajstić information content (AvgIpc) is 2.93. The Morgan fingerprint density at radius 1 is 1.50 bits per heavy atom. The van der Waals surface area contributed by atoms with Crippen molar-refractivity contribution < 1.29 is 23.8 Å². The standard InChI is InChI=1S/C13H18N2O5/c1-13(2)11(17)15(12(18)14-13)6-9(16)7-19-8-10-4-3-5-20-10/h3-5,9,16H,6-8H2,1-2H3,(H,14,18)/t9-/m0/s1. The Kier molecular flexibility index (Phi) is 4.10. The molecule has 2 N–H and O–H groups in total. The van der Waals surface area contributed by atoms with Gasteiger partial charge in [0.25, 0.3) is 5.91 Å². The number of urea groups is 1. The highest BCUT2D eigenvalue weighted by molar-refractivity contribution is 6.06. The summed E-state index contributed by atoms with van der Waals surface area (Å²) in [4.78, 5) is 24.5. The maximum absolute atomic E-state index is 11.9. The minimum Gasteiger partial charge on any atom is -0.467 e. The van der Waals surface area contributed by atoms with Gasteiger partial charge in [-0.1, -0.05) is 0 Å². The van der Waals surface area contributed by atoms with E-state index in [9.17, 15) is 14.7 Å². The highest BCUT2D eigenvalue weighted by Crippen LogP contribution is 2.16. The third-order valence-electron chi connectivity index (χ3n) is 2.97. The van der Waals surface area contributed by atoms with Crippen molar-refractivity contribution in [3.63, 3.8) is 0 Å². The Hall–Kier alpha value is -1.86. The molecule has 1 fully saturated rings. The van der Waals surface area contributed by atoms with Crippen LogP contribution >= 0.6 is 0 Å². The Balaban J connectivity index is 1.78. The molecule has 1 atom stereocenters. The molecule has 3 amide bonds. The third-order valence-corrected chi connectivity index (χ3v) is 2.97. The number of aliphatic hydroxyl groups is 1. The average molecular weight is 282 g/mol. The molecule has 1 aliphatic rings. The van der Waals surface area contributed by atoms with Crippen LogP contribution in [0.3, 0.4) is 0 Å². The lowest BCUT2D eigenvalue weighted by Gasteiger charge is -2.19. The topological polar surface area (TPSA) is 92.0 Å². The second-order valence-corrected chi connectivity index (χ2v) is 5.22. The fourth-order valence-corrected chi connectivity index (χ4v) is 1.94. The molecule has 0 radical (unpaired) electrons. The number of hydrogen-bond acceptors (Lipinski definition) is 5. The Bertz CT molecular complexity index is 483. The van der Waals surface area contributed by atoms with Gasteiger partial charge in [0.2, 0.25) is 0 Å². The van der Waals surface area contributed by atoms with Crippen LogP contribution in [-0.4, -0.2) is 46.7 Å². The summed E-state index contributed by atoms with van der Waals surface area (Å²) in [5.74, 6) is 0.293. The predicted molar refractivity (Wildman–Crippen MR) is 68.7 cm³/mol. The van der Waals surface area contributed by atoms with Gasteiger partial charge < -0.3 is 19.6 Å². The molecule has 1 aromatic heterocycles. The smallest absolute Gasteiger partial charge is 0.325 e. The molecular weight excluding hydrogens is 264 g/mol. The molecule has 20 heavy (non-hydrogen) atoms. The zero-order valence-electron chi connectivity index (χ0n) is 11.5. The van der Waals surface area contributed by atoms with Crippen LogP contribution < -0.4 is 5.32 Å². The number of rotatable bonds is 6. The second-order valence-electron chi connectivity index (χ2n) is 5.22. The molecule has 0 aliphatic carbocycles.